The zero-order valence-corrected chi connectivity index (χ0v) is 34.7. The molecule has 61 heavy (non-hydrogen) atoms. The smallest absolute Gasteiger partial charge is 0.147 e. The van der Waals surface area contributed by atoms with Gasteiger partial charge in [0.2, 0.25) is 0 Å². The molecule has 2 heterocycles. The Hall–Kier alpha value is -7.16. The number of para-hydroxylation sites is 2. The van der Waals surface area contributed by atoms with Crippen LogP contribution >= 0.6 is 6.04 Å². The largest absolute Gasteiger partial charge is 0.292 e. The molecule has 13 aromatic rings. The third-order valence-corrected chi connectivity index (χ3v) is 17.9. The van der Waals surface area contributed by atoms with Crippen LogP contribution in [0.1, 0.15) is 0 Å². The van der Waals surface area contributed by atoms with Crippen LogP contribution in [-0.4, -0.2) is 9.38 Å². The van der Waals surface area contributed by atoms with Crippen molar-refractivity contribution in [3.05, 3.63) is 212 Å². The Kier molecular flexibility index (Phi) is 7.49. The summed E-state index contributed by atoms with van der Waals surface area (Å²) < 4.78 is 2.37. The van der Waals surface area contributed by atoms with Crippen LogP contribution in [0.2, 0.25) is 0 Å². The van der Waals surface area contributed by atoms with Crippen molar-refractivity contribution in [3.8, 4) is 11.1 Å². The first-order valence-electron chi connectivity index (χ1n) is 20.8. The molecule has 0 amide bonds. The average Bonchev–Trinajstić information content (AvgIpc) is 3.72. The second-order valence-corrected chi connectivity index (χ2v) is 20.6. The molecule has 0 fully saturated rings. The first-order chi connectivity index (χ1) is 30.1. The highest BCUT2D eigenvalue weighted by Crippen LogP contribution is 2.47. The summed E-state index contributed by atoms with van der Waals surface area (Å²) in [6.45, 7) is 0. The standard InChI is InChI=1S/C57H35N2PS/c61-60(54-21-9-14-36-11-1-4-16-46(36)54,55-22-10-15-37-12-2-5-17-47(37)55)45-29-27-41-31-39(23-25-42(41)33-45)40-24-26-43-34-50-49-30-28-38-13-3-6-18-48(38)56(49)57-58-51-19-7-8-20-52(51)59(57)53(50)35-44(43)32-40/h1-35H. The molecule has 2 nitrogen and oxygen atoms in total. The lowest BCUT2D eigenvalue weighted by atomic mass is 9.95. The maximum Gasteiger partial charge on any atom is 0.147 e. The number of imidazole rings is 1. The molecule has 13 rings (SSSR count). The molecular weight excluding hydrogens is 776 g/mol. The molecule has 11 aromatic carbocycles. The zero-order valence-electron chi connectivity index (χ0n) is 33.0. The summed E-state index contributed by atoms with van der Waals surface area (Å²) in [5.41, 5.74) is 6.66. The highest BCUT2D eigenvalue weighted by Gasteiger charge is 2.29. The van der Waals surface area contributed by atoms with Gasteiger partial charge in [-0.05, 0) is 118 Å². The summed E-state index contributed by atoms with van der Waals surface area (Å²) >= 11 is 7.10. The van der Waals surface area contributed by atoms with E-state index in [-0.39, 0.29) is 0 Å². The molecule has 0 saturated carbocycles. The monoisotopic (exact) mass is 810 g/mol. The number of hydrogen-bond acceptors (Lipinski definition) is 2. The van der Waals surface area contributed by atoms with Gasteiger partial charge < -0.3 is 0 Å². The molecular formula is C57H35N2PS. The Labute approximate surface area is 357 Å². The molecule has 0 spiro atoms. The van der Waals surface area contributed by atoms with Gasteiger partial charge >= 0.3 is 0 Å². The summed E-state index contributed by atoms with van der Waals surface area (Å²) in [7, 11) is 0. The Morgan fingerprint density at radius 1 is 0.361 bits per heavy atom. The fourth-order valence-corrected chi connectivity index (χ4v) is 14.4. The van der Waals surface area contributed by atoms with E-state index in [1.165, 1.54) is 97.1 Å². The maximum absolute atomic E-state index is 7.10. The number of pyridine rings is 1. The van der Waals surface area contributed by atoms with Gasteiger partial charge in [0, 0.05) is 27.4 Å². The van der Waals surface area contributed by atoms with Crippen LogP contribution in [0, 0.1) is 0 Å². The van der Waals surface area contributed by atoms with Crippen molar-refractivity contribution in [3.63, 3.8) is 0 Å². The van der Waals surface area contributed by atoms with Crippen molar-refractivity contribution in [1.29, 1.82) is 0 Å². The molecule has 0 bridgehead atoms. The first-order valence-corrected chi connectivity index (χ1v) is 23.6. The van der Waals surface area contributed by atoms with Crippen LogP contribution in [-0.2, 0) is 11.8 Å². The Bertz CT molecular complexity index is 3960. The maximum atomic E-state index is 7.10. The number of benzene rings is 11. The predicted molar refractivity (Wildman–Crippen MR) is 267 cm³/mol. The van der Waals surface area contributed by atoms with E-state index in [9.17, 15) is 0 Å². The van der Waals surface area contributed by atoms with Crippen molar-refractivity contribution in [2.24, 2.45) is 0 Å². The number of rotatable bonds is 4. The van der Waals surface area contributed by atoms with Gasteiger partial charge in [-0.1, -0.05) is 182 Å². The molecule has 0 saturated heterocycles. The lowest BCUT2D eigenvalue weighted by molar-refractivity contribution is 1.32. The highest BCUT2D eigenvalue weighted by molar-refractivity contribution is 8.25. The van der Waals surface area contributed by atoms with E-state index in [1.54, 1.807) is 0 Å². The Morgan fingerprint density at radius 3 is 1.62 bits per heavy atom. The highest BCUT2D eigenvalue weighted by atomic mass is 32.4. The van der Waals surface area contributed by atoms with E-state index in [0.29, 0.717) is 0 Å². The molecule has 0 N–H and O–H groups in total. The Balaban J connectivity index is 0.976. The van der Waals surface area contributed by atoms with E-state index >= 15 is 0 Å². The van der Waals surface area contributed by atoms with Gasteiger partial charge in [-0.25, -0.2) is 4.98 Å². The van der Waals surface area contributed by atoms with Gasteiger partial charge in [0.25, 0.3) is 0 Å². The molecule has 0 aliphatic rings. The summed E-state index contributed by atoms with van der Waals surface area (Å²) in [4.78, 5) is 5.26. The van der Waals surface area contributed by atoms with E-state index in [4.69, 9.17) is 16.8 Å². The zero-order chi connectivity index (χ0) is 40.2. The summed E-state index contributed by atoms with van der Waals surface area (Å²) in [5, 5.41) is 19.5. The molecule has 2 aromatic heterocycles. The van der Waals surface area contributed by atoms with Crippen molar-refractivity contribution in [2.75, 3.05) is 0 Å². The van der Waals surface area contributed by atoms with Crippen molar-refractivity contribution >= 4 is 126 Å². The van der Waals surface area contributed by atoms with Crippen LogP contribution in [0.5, 0.6) is 0 Å². The average molecular weight is 811 g/mol. The van der Waals surface area contributed by atoms with Gasteiger partial charge in [0.05, 0.1) is 16.6 Å². The number of fused-ring (bicyclic) bond motifs is 14. The minimum absolute atomic E-state index is 0.997. The van der Waals surface area contributed by atoms with Crippen molar-refractivity contribution in [2.45, 2.75) is 0 Å². The SMILES string of the molecule is S=P(c1ccc2cc(-c3ccc4cc5c6ccc7ccccc7c6c6nc7ccccc7n6c5cc4c3)ccc2c1)(c1cccc2ccccc12)c1cccc2ccccc12. The van der Waals surface area contributed by atoms with Gasteiger partial charge in [0.1, 0.15) is 5.65 Å². The lowest BCUT2D eigenvalue weighted by Gasteiger charge is -2.27. The van der Waals surface area contributed by atoms with Crippen LogP contribution in [0.15, 0.2) is 212 Å². The third kappa shape index (κ3) is 5.15. The molecule has 0 aliphatic carbocycles. The van der Waals surface area contributed by atoms with Crippen LogP contribution in [0.4, 0.5) is 0 Å². The second-order valence-electron chi connectivity index (χ2n) is 16.3. The molecule has 0 radical (unpaired) electrons. The minimum atomic E-state index is -2.52. The van der Waals surface area contributed by atoms with Crippen molar-refractivity contribution in [1.82, 2.24) is 9.38 Å². The van der Waals surface area contributed by atoms with Crippen LogP contribution in [0.3, 0.4) is 0 Å². The molecule has 0 atom stereocenters. The molecule has 4 heteroatoms. The van der Waals surface area contributed by atoms with Gasteiger partial charge in [0.15, 0.2) is 0 Å². The summed E-state index contributed by atoms with van der Waals surface area (Å²) in [6.07, 6.45) is 0. The quantitative estimate of drug-likeness (QED) is 0.100. The van der Waals surface area contributed by atoms with Crippen LogP contribution < -0.4 is 15.9 Å². The first kappa shape index (κ1) is 34.7. The van der Waals surface area contributed by atoms with Gasteiger partial charge in [-0.3, -0.25) is 4.40 Å². The molecule has 0 unspecified atom stereocenters. The summed E-state index contributed by atoms with van der Waals surface area (Å²) in [6, 6.07) is 75.3. The summed E-state index contributed by atoms with van der Waals surface area (Å²) in [5.74, 6) is 0. The van der Waals surface area contributed by atoms with E-state index in [2.05, 4.69) is 217 Å². The fraction of sp³-hybridized carbons (Fsp3) is 0. The molecule has 0 aliphatic heterocycles. The third-order valence-electron chi connectivity index (χ3n) is 12.9. The fourth-order valence-electron chi connectivity index (χ4n) is 10.0. The topological polar surface area (TPSA) is 17.3 Å². The van der Waals surface area contributed by atoms with Gasteiger partial charge in [-0.2, -0.15) is 0 Å². The number of nitrogens with zero attached hydrogens (tertiary/aromatic N) is 2. The normalized spacial score (nSPS) is 12.3. The van der Waals surface area contributed by atoms with Crippen molar-refractivity contribution < 1.29 is 0 Å². The lowest BCUT2D eigenvalue weighted by Crippen LogP contribution is -2.26. The predicted octanol–water partition coefficient (Wildman–Crippen LogP) is 14.0. The number of hydrogen-bond donors (Lipinski definition) is 0. The molecule has 284 valence electrons. The Morgan fingerprint density at radius 2 is 0.902 bits per heavy atom. The van der Waals surface area contributed by atoms with Gasteiger partial charge in [-0.15, -0.1) is 0 Å². The second kappa shape index (κ2) is 13.2. The number of aromatic nitrogens is 2. The van der Waals surface area contributed by atoms with E-state index in [1.807, 2.05) is 0 Å². The van der Waals surface area contributed by atoms with E-state index < -0.39 is 6.04 Å². The minimum Gasteiger partial charge on any atom is -0.292 e. The van der Waals surface area contributed by atoms with Crippen LogP contribution in [0.25, 0.3) is 103 Å². The van der Waals surface area contributed by atoms with E-state index in [0.717, 1.165) is 22.2 Å².